The Morgan fingerprint density at radius 1 is 1.25 bits per heavy atom. The van der Waals surface area contributed by atoms with Gasteiger partial charge in [-0.15, -0.1) is 0 Å². The summed E-state index contributed by atoms with van der Waals surface area (Å²) in [5, 5.41) is 0.428. The number of benzene rings is 1. The van der Waals surface area contributed by atoms with Crippen LogP contribution < -0.4 is 14.2 Å². The number of halogens is 1. The van der Waals surface area contributed by atoms with Gasteiger partial charge in [0.05, 0.1) is 5.56 Å². The van der Waals surface area contributed by atoms with Gasteiger partial charge in [-0.1, -0.05) is 24.9 Å². The Morgan fingerprint density at radius 3 is 2.95 bits per heavy atom. The molecule has 0 radical (unpaired) electrons. The quantitative estimate of drug-likeness (QED) is 0.806. The zero-order chi connectivity index (χ0) is 13.9. The number of rotatable bonds is 4. The van der Waals surface area contributed by atoms with Gasteiger partial charge in [0.15, 0.2) is 11.5 Å². The maximum absolute atomic E-state index is 6.09. The van der Waals surface area contributed by atoms with Crippen LogP contribution >= 0.6 is 11.6 Å². The minimum Gasteiger partial charge on any atom is -0.454 e. The molecule has 1 aliphatic rings. The van der Waals surface area contributed by atoms with Crippen LogP contribution in [0.25, 0.3) is 0 Å². The first-order valence-corrected chi connectivity index (χ1v) is 6.72. The zero-order valence-corrected chi connectivity index (χ0v) is 11.7. The van der Waals surface area contributed by atoms with Crippen LogP contribution in [0.5, 0.6) is 23.1 Å². The van der Waals surface area contributed by atoms with E-state index >= 15 is 0 Å². The van der Waals surface area contributed by atoms with Gasteiger partial charge in [0.25, 0.3) is 0 Å². The minimum atomic E-state index is 0.235. The van der Waals surface area contributed by atoms with E-state index in [0.717, 1.165) is 18.4 Å². The van der Waals surface area contributed by atoms with Gasteiger partial charge >= 0.3 is 0 Å². The van der Waals surface area contributed by atoms with Gasteiger partial charge < -0.3 is 14.2 Å². The van der Waals surface area contributed by atoms with Crippen LogP contribution in [0.4, 0.5) is 0 Å². The molecule has 6 heteroatoms. The molecule has 0 bridgehead atoms. The van der Waals surface area contributed by atoms with Gasteiger partial charge in [-0.2, -0.15) is 0 Å². The molecule has 1 aromatic heterocycles. The highest BCUT2D eigenvalue weighted by Gasteiger charge is 2.16. The van der Waals surface area contributed by atoms with Crippen molar-refractivity contribution in [3.05, 3.63) is 35.2 Å². The summed E-state index contributed by atoms with van der Waals surface area (Å²) in [5.74, 6) is 2.48. The Labute approximate surface area is 121 Å². The van der Waals surface area contributed by atoms with Crippen molar-refractivity contribution >= 4 is 11.6 Å². The molecule has 0 fully saturated rings. The number of hydrogen-bond acceptors (Lipinski definition) is 5. The third-order valence-corrected chi connectivity index (χ3v) is 3.24. The summed E-state index contributed by atoms with van der Waals surface area (Å²) in [5.41, 5.74) is 0.814. The van der Waals surface area contributed by atoms with E-state index < -0.39 is 0 Å². The molecule has 0 aliphatic carbocycles. The molecular formula is C14H13ClN2O3. The van der Waals surface area contributed by atoms with Crippen LogP contribution in [0.15, 0.2) is 24.5 Å². The van der Waals surface area contributed by atoms with Crippen LogP contribution in [0, 0.1) is 0 Å². The van der Waals surface area contributed by atoms with Crippen molar-refractivity contribution in [1.82, 2.24) is 9.97 Å². The lowest BCUT2D eigenvalue weighted by molar-refractivity contribution is 0.174. The van der Waals surface area contributed by atoms with Crippen LogP contribution in [0.1, 0.15) is 18.9 Å². The summed E-state index contributed by atoms with van der Waals surface area (Å²) in [6, 6.07) is 5.38. The van der Waals surface area contributed by atoms with E-state index in [9.17, 15) is 0 Å². The molecular weight excluding hydrogens is 280 g/mol. The van der Waals surface area contributed by atoms with Crippen molar-refractivity contribution in [2.75, 3.05) is 6.79 Å². The van der Waals surface area contributed by atoms with Gasteiger partial charge in [-0.3, -0.25) is 0 Å². The molecule has 2 heterocycles. The van der Waals surface area contributed by atoms with Crippen molar-refractivity contribution < 1.29 is 14.2 Å². The minimum absolute atomic E-state index is 0.235. The summed E-state index contributed by atoms with van der Waals surface area (Å²) in [7, 11) is 0. The fourth-order valence-corrected chi connectivity index (χ4v) is 2.20. The molecule has 0 spiro atoms. The van der Waals surface area contributed by atoms with Crippen molar-refractivity contribution in [3.63, 3.8) is 0 Å². The van der Waals surface area contributed by atoms with E-state index in [1.807, 2.05) is 0 Å². The maximum Gasteiger partial charge on any atom is 0.231 e. The lowest BCUT2D eigenvalue weighted by Crippen LogP contribution is -1.97. The van der Waals surface area contributed by atoms with Crippen LogP contribution in [-0.4, -0.2) is 16.8 Å². The number of ether oxygens (including phenoxy) is 3. The topological polar surface area (TPSA) is 53.5 Å². The lowest BCUT2D eigenvalue weighted by atomic mass is 10.2. The average molecular weight is 293 g/mol. The van der Waals surface area contributed by atoms with Gasteiger partial charge in [0.1, 0.15) is 17.2 Å². The molecule has 0 amide bonds. The molecule has 0 N–H and O–H groups in total. The summed E-state index contributed by atoms with van der Waals surface area (Å²) in [4.78, 5) is 8.14. The normalized spacial score (nSPS) is 12.5. The van der Waals surface area contributed by atoms with E-state index in [0.29, 0.717) is 28.3 Å². The van der Waals surface area contributed by atoms with Gasteiger partial charge in [0.2, 0.25) is 12.7 Å². The molecule has 0 atom stereocenters. The van der Waals surface area contributed by atoms with Crippen LogP contribution in [0.3, 0.4) is 0 Å². The molecule has 2 aromatic rings. The van der Waals surface area contributed by atoms with Gasteiger partial charge in [0, 0.05) is 6.07 Å². The molecule has 0 saturated carbocycles. The Balaban J connectivity index is 1.89. The van der Waals surface area contributed by atoms with E-state index in [1.54, 1.807) is 18.2 Å². The first-order valence-electron chi connectivity index (χ1n) is 6.35. The van der Waals surface area contributed by atoms with E-state index in [-0.39, 0.29) is 6.79 Å². The Kier molecular flexibility index (Phi) is 3.60. The molecule has 104 valence electrons. The highest BCUT2D eigenvalue weighted by molar-refractivity contribution is 6.30. The Hall–Kier alpha value is -2.01. The second-order valence-electron chi connectivity index (χ2n) is 4.32. The third kappa shape index (κ3) is 2.49. The number of nitrogens with zero attached hydrogens (tertiary/aromatic N) is 2. The fourth-order valence-electron chi connectivity index (χ4n) is 1.98. The third-order valence-electron chi connectivity index (χ3n) is 2.91. The maximum atomic E-state index is 6.09. The largest absolute Gasteiger partial charge is 0.454 e. The molecule has 0 unspecified atom stereocenters. The molecule has 5 nitrogen and oxygen atoms in total. The monoisotopic (exact) mass is 292 g/mol. The van der Waals surface area contributed by atoms with E-state index in [4.69, 9.17) is 25.8 Å². The molecule has 1 aromatic carbocycles. The Bertz CT molecular complexity index is 634. The summed E-state index contributed by atoms with van der Waals surface area (Å²) in [6.07, 6.45) is 3.09. The molecule has 3 rings (SSSR count). The standard InChI is InChI=1S/C14H13ClN2O3/c1-2-3-10-13(15)16-7-17-14(10)20-9-4-5-11-12(6-9)19-8-18-11/h4-7H,2-3,8H2,1H3. The summed E-state index contributed by atoms with van der Waals surface area (Å²) in [6.45, 7) is 2.30. The van der Waals surface area contributed by atoms with E-state index in [1.165, 1.54) is 6.33 Å². The smallest absolute Gasteiger partial charge is 0.231 e. The number of hydrogen-bond donors (Lipinski definition) is 0. The number of aromatic nitrogens is 2. The van der Waals surface area contributed by atoms with Gasteiger partial charge in [-0.05, 0) is 18.6 Å². The van der Waals surface area contributed by atoms with Crippen molar-refractivity contribution in [1.29, 1.82) is 0 Å². The van der Waals surface area contributed by atoms with Crippen LogP contribution in [0.2, 0.25) is 5.15 Å². The van der Waals surface area contributed by atoms with E-state index in [2.05, 4.69) is 16.9 Å². The first-order chi connectivity index (χ1) is 9.78. The van der Waals surface area contributed by atoms with Crippen molar-refractivity contribution in [2.45, 2.75) is 19.8 Å². The van der Waals surface area contributed by atoms with Crippen molar-refractivity contribution in [3.8, 4) is 23.1 Å². The Morgan fingerprint density at radius 2 is 2.10 bits per heavy atom. The fraction of sp³-hybridized carbons (Fsp3) is 0.286. The lowest BCUT2D eigenvalue weighted by Gasteiger charge is -2.10. The molecule has 1 aliphatic heterocycles. The summed E-state index contributed by atoms with van der Waals surface area (Å²) >= 11 is 6.09. The average Bonchev–Trinajstić information content (AvgIpc) is 2.90. The second kappa shape index (κ2) is 5.54. The van der Waals surface area contributed by atoms with Gasteiger partial charge in [-0.25, -0.2) is 9.97 Å². The molecule has 20 heavy (non-hydrogen) atoms. The number of fused-ring (bicyclic) bond motifs is 1. The first kappa shape index (κ1) is 13.0. The molecule has 0 saturated heterocycles. The summed E-state index contributed by atoms with van der Waals surface area (Å²) < 4.78 is 16.4. The zero-order valence-electron chi connectivity index (χ0n) is 10.9. The van der Waals surface area contributed by atoms with Crippen molar-refractivity contribution in [2.24, 2.45) is 0 Å². The van der Waals surface area contributed by atoms with Crippen LogP contribution in [-0.2, 0) is 6.42 Å². The highest BCUT2D eigenvalue weighted by Crippen LogP contribution is 2.37. The second-order valence-corrected chi connectivity index (χ2v) is 4.67. The SMILES string of the molecule is CCCc1c(Cl)ncnc1Oc1ccc2c(c1)OCO2. The predicted molar refractivity (Wildman–Crippen MR) is 73.7 cm³/mol. The predicted octanol–water partition coefficient (Wildman–Crippen LogP) is 3.60. The highest BCUT2D eigenvalue weighted by atomic mass is 35.5.